The van der Waals surface area contributed by atoms with Gasteiger partial charge in [-0.15, -0.1) is 0 Å². The molecule has 3 aliphatic rings. The molecule has 26 heavy (non-hydrogen) atoms. The standard InChI is InChI=1S/C20H25N3O3/c1-15-21-19(26-22-15)4-2-3-16-5-7-18(8-6-16)25-14-20(24)13-23-11-9-17(20)10-12-23/h2,4-8,17,24H,3,9-14H2,1H3/b4-2+. The molecule has 0 spiro atoms. The Morgan fingerprint density at radius 1 is 1.31 bits per heavy atom. The molecule has 3 saturated heterocycles. The van der Waals surface area contributed by atoms with Gasteiger partial charge in [0, 0.05) is 6.54 Å². The first kappa shape index (κ1) is 17.2. The third-order valence-electron chi connectivity index (χ3n) is 5.41. The lowest BCUT2D eigenvalue weighted by Gasteiger charge is -2.50. The maximum absolute atomic E-state index is 10.9. The molecule has 6 nitrogen and oxygen atoms in total. The SMILES string of the molecule is Cc1noc(/C=C/Cc2ccc(OCC3(O)CN4CCC3CC4)cc2)n1. The van der Waals surface area contributed by atoms with E-state index in [-0.39, 0.29) is 0 Å². The van der Waals surface area contributed by atoms with Gasteiger partial charge in [0.1, 0.15) is 18.0 Å². The highest BCUT2D eigenvalue weighted by Crippen LogP contribution is 2.36. The maximum atomic E-state index is 10.9. The van der Waals surface area contributed by atoms with Gasteiger partial charge in [-0.1, -0.05) is 23.4 Å². The molecule has 6 heteroatoms. The van der Waals surface area contributed by atoms with Gasteiger partial charge in [0.15, 0.2) is 5.82 Å². The molecule has 0 aliphatic carbocycles. The summed E-state index contributed by atoms with van der Waals surface area (Å²) in [5.41, 5.74) is 0.464. The Kier molecular flexibility index (Phi) is 4.78. The predicted molar refractivity (Wildman–Crippen MR) is 97.8 cm³/mol. The van der Waals surface area contributed by atoms with Gasteiger partial charge in [-0.05, 0) is 69.0 Å². The highest BCUT2D eigenvalue weighted by atomic mass is 16.5. The zero-order valence-electron chi connectivity index (χ0n) is 15.1. The number of aliphatic hydroxyl groups is 1. The number of aryl methyl sites for hydroxylation is 1. The van der Waals surface area contributed by atoms with Crippen LogP contribution in [0.25, 0.3) is 6.08 Å². The first-order valence-corrected chi connectivity index (χ1v) is 9.24. The highest BCUT2D eigenvalue weighted by molar-refractivity contribution is 5.39. The lowest BCUT2D eigenvalue weighted by Crippen LogP contribution is -2.61. The van der Waals surface area contributed by atoms with Crippen LogP contribution in [0, 0.1) is 12.8 Å². The van der Waals surface area contributed by atoms with Crippen molar-refractivity contribution in [3.8, 4) is 5.75 Å². The van der Waals surface area contributed by atoms with Crippen molar-refractivity contribution in [2.45, 2.75) is 31.8 Å². The van der Waals surface area contributed by atoms with E-state index >= 15 is 0 Å². The largest absolute Gasteiger partial charge is 0.491 e. The number of rotatable bonds is 6. The van der Waals surface area contributed by atoms with E-state index < -0.39 is 5.60 Å². The number of benzene rings is 1. The first-order chi connectivity index (χ1) is 12.6. The number of hydrogen-bond donors (Lipinski definition) is 1. The zero-order valence-corrected chi connectivity index (χ0v) is 15.1. The lowest BCUT2D eigenvalue weighted by molar-refractivity contribution is -0.131. The summed E-state index contributed by atoms with van der Waals surface area (Å²) in [6, 6.07) is 8.01. The first-order valence-electron chi connectivity index (χ1n) is 9.24. The number of nitrogens with zero attached hydrogens (tertiary/aromatic N) is 3. The summed E-state index contributed by atoms with van der Waals surface area (Å²) in [4.78, 5) is 6.47. The second-order valence-electron chi connectivity index (χ2n) is 7.37. The van der Waals surface area contributed by atoms with E-state index in [0.717, 1.165) is 44.6 Å². The number of allylic oxidation sites excluding steroid dienone is 1. The molecular formula is C20H25N3O3. The van der Waals surface area contributed by atoms with Gasteiger partial charge in [-0.3, -0.25) is 0 Å². The van der Waals surface area contributed by atoms with Crippen molar-refractivity contribution < 1.29 is 14.4 Å². The Labute approximate surface area is 153 Å². The molecule has 1 atom stereocenters. The van der Waals surface area contributed by atoms with Crippen LogP contribution in [0.15, 0.2) is 34.9 Å². The average Bonchev–Trinajstić information content (AvgIpc) is 3.07. The minimum Gasteiger partial charge on any atom is -0.491 e. The molecule has 5 rings (SSSR count). The Morgan fingerprint density at radius 3 is 2.69 bits per heavy atom. The van der Waals surface area contributed by atoms with Crippen molar-refractivity contribution in [2.75, 3.05) is 26.2 Å². The topological polar surface area (TPSA) is 71.6 Å². The second-order valence-corrected chi connectivity index (χ2v) is 7.37. The van der Waals surface area contributed by atoms with Gasteiger partial charge < -0.3 is 19.3 Å². The van der Waals surface area contributed by atoms with Crippen LogP contribution < -0.4 is 4.74 Å². The minimum atomic E-state index is -0.708. The third-order valence-corrected chi connectivity index (χ3v) is 5.41. The lowest BCUT2D eigenvalue weighted by atomic mass is 9.76. The number of ether oxygens (including phenoxy) is 1. The van der Waals surface area contributed by atoms with E-state index in [1.165, 1.54) is 5.56 Å². The molecule has 0 saturated carbocycles. The molecule has 3 fully saturated rings. The van der Waals surface area contributed by atoms with E-state index in [2.05, 4.69) is 15.0 Å². The fraction of sp³-hybridized carbons (Fsp3) is 0.500. The van der Waals surface area contributed by atoms with Crippen LogP contribution in [-0.4, -0.2) is 52.0 Å². The number of hydrogen-bond acceptors (Lipinski definition) is 6. The van der Waals surface area contributed by atoms with E-state index in [9.17, 15) is 5.11 Å². The summed E-state index contributed by atoms with van der Waals surface area (Å²) in [6.07, 6.45) is 6.75. The van der Waals surface area contributed by atoms with E-state index in [1.807, 2.05) is 36.4 Å². The molecule has 138 valence electrons. The summed E-state index contributed by atoms with van der Waals surface area (Å²) in [7, 11) is 0. The number of piperidine rings is 3. The molecule has 1 aromatic carbocycles. The highest BCUT2D eigenvalue weighted by Gasteiger charge is 2.45. The van der Waals surface area contributed by atoms with Gasteiger partial charge >= 0.3 is 0 Å². The van der Waals surface area contributed by atoms with Crippen molar-refractivity contribution in [1.82, 2.24) is 15.0 Å². The van der Waals surface area contributed by atoms with E-state index in [4.69, 9.17) is 9.26 Å². The molecule has 4 heterocycles. The van der Waals surface area contributed by atoms with Crippen LogP contribution in [-0.2, 0) is 6.42 Å². The predicted octanol–water partition coefficient (Wildman–Crippen LogP) is 2.47. The fourth-order valence-corrected chi connectivity index (χ4v) is 3.91. The van der Waals surface area contributed by atoms with Crippen LogP contribution in [0.1, 0.15) is 30.1 Å². The summed E-state index contributed by atoms with van der Waals surface area (Å²) < 4.78 is 11.0. The Balaban J connectivity index is 1.29. The maximum Gasteiger partial charge on any atom is 0.250 e. The molecule has 0 amide bonds. The van der Waals surface area contributed by atoms with Crippen molar-refractivity contribution >= 4 is 6.08 Å². The zero-order chi connectivity index (χ0) is 18.0. The number of fused-ring (bicyclic) bond motifs is 3. The molecule has 0 radical (unpaired) electrons. The molecule has 1 N–H and O–H groups in total. The Bertz CT molecular complexity index is 763. The van der Waals surface area contributed by atoms with E-state index in [1.54, 1.807) is 6.92 Å². The van der Waals surface area contributed by atoms with Crippen molar-refractivity contribution in [3.63, 3.8) is 0 Å². The number of aromatic nitrogens is 2. The average molecular weight is 355 g/mol. The van der Waals surface area contributed by atoms with Gasteiger partial charge in [0.25, 0.3) is 0 Å². The van der Waals surface area contributed by atoms with Crippen molar-refractivity contribution in [3.05, 3.63) is 47.6 Å². The molecular weight excluding hydrogens is 330 g/mol. The van der Waals surface area contributed by atoms with Gasteiger partial charge in [0.2, 0.25) is 5.89 Å². The summed E-state index contributed by atoms with van der Waals surface area (Å²) in [5, 5.41) is 14.7. The van der Waals surface area contributed by atoms with Crippen LogP contribution >= 0.6 is 0 Å². The monoisotopic (exact) mass is 355 g/mol. The van der Waals surface area contributed by atoms with Crippen LogP contribution in [0.3, 0.4) is 0 Å². The van der Waals surface area contributed by atoms with E-state index in [0.29, 0.717) is 24.2 Å². The van der Waals surface area contributed by atoms with Crippen molar-refractivity contribution in [1.29, 1.82) is 0 Å². The van der Waals surface area contributed by atoms with Crippen LogP contribution in [0.5, 0.6) is 5.75 Å². The normalized spacial score (nSPS) is 27.9. The molecule has 2 bridgehead atoms. The Hall–Kier alpha value is -2.18. The molecule has 2 aromatic rings. The minimum absolute atomic E-state index is 0.365. The second kappa shape index (κ2) is 7.21. The fourth-order valence-electron chi connectivity index (χ4n) is 3.91. The van der Waals surface area contributed by atoms with Gasteiger partial charge in [0.05, 0.1) is 0 Å². The van der Waals surface area contributed by atoms with Gasteiger partial charge in [-0.2, -0.15) is 4.98 Å². The summed E-state index contributed by atoms with van der Waals surface area (Å²) in [5.74, 6) is 2.32. The summed E-state index contributed by atoms with van der Waals surface area (Å²) >= 11 is 0. The molecule has 3 aliphatic heterocycles. The quantitative estimate of drug-likeness (QED) is 0.858. The molecule has 1 aromatic heterocycles. The smallest absolute Gasteiger partial charge is 0.250 e. The van der Waals surface area contributed by atoms with Crippen LogP contribution in [0.2, 0.25) is 0 Å². The summed E-state index contributed by atoms with van der Waals surface area (Å²) in [6.45, 7) is 5.11. The van der Waals surface area contributed by atoms with Gasteiger partial charge in [-0.25, -0.2) is 0 Å². The molecule has 1 unspecified atom stereocenters. The third kappa shape index (κ3) is 3.81. The Morgan fingerprint density at radius 2 is 2.08 bits per heavy atom. The van der Waals surface area contributed by atoms with Crippen molar-refractivity contribution in [2.24, 2.45) is 5.92 Å². The van der Waals surface area contributed by atoms with Crippen LogP contribution in [0.4, 0.5) is 0 Å².